The Morgan fingerprint density at radius 3 is 1.59 bits per heavy atom. The summed E-state index contributed by atoms with van der Waals surface area (Å²) in [5.74, 6) is -11.6. The predicted molar refractivity (Wildman–Crippen MR) is 361 cm³/mol. The van der Waals surface area contributed by atoms with Gasteiger partial charge >= 0.3 is 11.9 Å². The lowest BCUT2D eigenvalue weighted by Gasteiger charge is -2.20. The molecule has 0 saturated heterocycles. The number of H-pyrrole nitrogens is 1. The third kappa shape index (κ3) is 20.0. The number of halogens is 11. The van der Waals surface area contributed by atoms with Gasteiger partial charge in [-0.15, -0.1) is 0 Å². The van der Waals surface area contributed by atoms with Crippen LogP contribution in [0.5, 0.6) is 0 Å². The number of aromatic amines is 1. The van der Waals surface area contributed by atoms with Gasteiger partial charge in [-0.1, -0.05) is 52.3 Å². The summed E-state index contributed by atoms with van der Waals surface area (Å²) in [6.45, 7) is 3.53. The van der Waals surface area contributed by atoms with Gasteiger partial charge in [-0.3, -0.25) is 33.9 Å². The number of carboxylic acids is 1. The number of ether oxygens (including phenoxy) is 1. The molecule has 12 aromatic rings. The quantitative estimate of drug-likeness (QED) is 0.0309. The maximum atomic E-state index is 14.0. The molecule has 100 heavy (non-hydrogen) atoms. The fourth-order valence-corrected chi connectivity index (χ4v) is 11.0. The Morgan fingerprint density at radius 2 is 1.06 bits per heavy atom. The van der Waals surface area contributed by atoms with E-state index in [0.717, 1.165) is 53.6 Å². The lowest BCUT2D eigenvalue weighted by atomic mass is 9.86. The molecule has 8 N–H and O–H groups in total. The number of amides is 2. The van der Waals surface area contributed by atoms with Crippen molar-refractivity contribution in [2.75, 3.05) is 11.9 Å². The molecule has 2 atom stereocenters. The van der Waals surface area contributed by atoms with E-state index in [2.05, 4.69) is 35.6 Å². The first-order chi connectivity index (χ1) is 47.7. The first kappa shape index (κ1) is 74.5. The number of hydrogen-bond acceptors (Lipinski definition) is 9. The molecule has 0 aliphatic carbocycles. The second kappa shape index (κ2) is 34.3. The second-order valence-corrected chi connectivity index (χ2v) is 23.0. The van der Waals surface area contributed by atoms with Crippen LogP contribution in [0.3, 0.4) is 0 Å². The number of hydrogen-bond donors (Lipinski definition) is 5. The number of aryl methyl sites for hydroxylation is 1. The Kier molecular flexibility index (Phi) is 25.6. The Morgan fingerprint density at radius 1 is 0.560 bits per heavy atom. The van der Waals surface area contributed by atoms with E-state index in [1.807, 2.05) is 12.1 Å². The first-order valence-electron chi connectivity index (χ1n) is 30.3. The number of ketones is 1. The van der Waals surface area contributed by atoms with Gasteiger partial charge in [0.1, 0.15) is 35.1 Å². The number of pyridine rings is 2. The van der Waals surface area contributed by atoms with Gasteiger partial charge in [0.2, 0.25) is 11.8 Å². The Bertz CT molecular complexity index is 4890. The van der Waals surface area contributed by atoms with Crippen LogP contribution in [0.25, 0.3) is 55.0 Å². The number of esters is 1. The normalized spacial score (nSPS) is 11.4. The monoisotopic (exact) mass is 1440 g/mol. The highest BCUT2D eigenvalue weighted by Gasteiger charge is 2.25. The minimum atomic E-state index is -1.03. The molecule has 0 aliphatic heterocycles. The van der Waals surface area contributed by atoms with Gasteiger partial charge in [0.05, 0.1) is 41.6 Å². The summed E-state index contributed by atoms with van der Waals surface area (Å²) in [4.78, 5) is 69.0. The van der Waals surface area contributed by atoms with Crippen molar-refractivity contribution >= 4 is 78.2 Å². The van der Waals surface area contributed by atoms with Crippen molar-refractivity contribution in [1.82, 2.24) is 24.1 Å². The average Bonchev–Trinajstić information content (AvgIpc) is 1.54. The van der Waals surface area contributed by atoms with Gasteiger partial charge in [-0.2, -0.15) is 0 Å². The maximum absolute atomic E-state index is 14.0. The summed E-state index contributed by atoms with van der Waals surface area (Å²) in [5.41, 5.74) is 24.3. The van der Waals surface area contributed by atoms with Gasteiger partial charge in [0, 0.05) is 117 Å². The molecular weight excluding hydrogens is 1380 g/mol. The third-order valence-electron chi connectivity index (χ3n) is 15.2. The van der Waals surface area contributed by atoms with Crippen LogP contribution in [0.2, 0.25) is 0 Å². The van der Waals surface area contributed by atoms with Crippen LogP contribution in [0.4, 0.5) is 43.9 Å². The van der Waals surface area contributed by atoms with E-state index in [9.17, 15) is 67.9 Å². The first-order valence-corrected chi connectivity index (χ1v) is 31.4. The number of nitrogens with two attached hydrogens (primary N) is 3. The van der Waals surface area contributed by atoms with Gasteiger partial charge in [0.25, 0.3) is 0 Å². The molecule has 26 heteroatoms. The standard InChI is InChI=1S/C31H23F4N3O2.C20H17F2N3O.C11H9F2NO2.C8H5F2N.C4H7BrO2/c32-23-10-18(11-24(33)15-23)9-22(13-25(39)17-38-8-6-20-14-27(34)28(35)16-29(20)38)30-26(5-2-7-37-30)19-3-1-4-21(12-19)31(36)40;21-15-7-12(8-16(22)11-15)9-18(23)19-17(5-2-6-25-19)13-3-1-4-14(10-13)20(24)26;1-6-2-7-3-8(12)9(13)4-10(7)14(6)5-11(15)16;9-6-3-5-1-2-11-8(5)4-7(6)10;1-2-7-4(6)3-5/h1-8,10-12,14-16,22H,9,13,17H2,(H2,36,40);1-8,10-11,18H,9,23H2,(H2,24,26);2-4H,5H2,1H3,(H,15,16);1-4,11H;2-3H2,1H3/t22-;18-;;;/m10.../s1. The van der Waals surface area contributed by atoms with Crippen molar-refractivity contribution < 1.29 is 77.7 Å². The summed E-state index contributed by atoms with van der Waals surface area (Å²) in [5, 5.41) is 10.6. The number of carbonyl (C=O) groups excluding carboxylic acids is 4. The number of primary amides is 2. The molecule has 0 unspecified atom stereocenters. The number of fused-ring (bicyclic) bond motifs is 3. The zero-order valence-corrected chi connectivity index (χ0v) is 54.7. The van der Waals surface area contributed by atoms with Crippen molar-refractivity contribution in [3.8, 4) is 22.3 Å². The molecule has 0 aliphatic rings. The van der Waals surface area contributed by atoms with E-state index < -0.39 is 87.9 Å². The van der Waals surface area contributed by atoms with Gasteiger partial charge in [0.15, 0.2) is 40.7 Å². The largest absolute Gasteiger partial charge is 0.480 e. The smallest absolute Gasteiger partial charge is 0.323 e. The highest BCUT2D eigenvalue weighted by Crippen LogP contribution is 2.35. The minimum Gasteiger partial charge on any atom is -0.480 e. The van der Waals surface area contributed by atoms with E-state index in [4.69, 9.17) is 22.3 Å². The lowest BCUT2D eigenvalue weighted by Crippen LogP contribution is -2.17. The minimum absolute atomic E-state index is 0.0684. The fraction of sp³-hybridized carbons (Fsp3) is 0.149. The molecule has 5 heterocycles. The summed E-state index contributed by atoms with van der Waals surface area (Å²) in [6, 6.07) is 37.8. The zero-order chi connectivity index (χ0) is 72.5. The van der Waals surface area contributed by atoms with E-state index >= 15 is 0 Å². The molecule has 15 nitrogen and oxygen atoms in total. The van der Waals surface area contributed by atoms with Crippen molar-refractivity contribution in [3.63, 3.8) is 0 Å². The number of carboxylic acid groups (broad SMARTS) is 1. The number of carbonyl (C=O) groups is 5. The number of nitrogens with zero attached hydrogens (tertiary/aromatic N) is 4. The van der Waals surface area contributed by atoms with Crippen LogP contribution in [-0.4, -0.2) is 70.7 Å². The Hall–Kier alpha value is -11.3. The third-order valence-corrected chi connectivity index (χ3v) is 15.7. The maximum Gasteiger partial charge on any atom is 0.323 e. The molecular formula is C74H61BrF10N8O7. The molecule has 0 fully saturated rings. The van der Waals surface area contributed by atoms with Crippen molar-refractivity contribution in [3.05, 3.63) is 286 Å². The summed E-state index contributed by atoms with van der Waals surface area (Å²) in [6.07, 6.45) is 6.60. The van der Waals surface area contributed by atoms with Crippen molar-refractivity contribution in [1.29, 1.82) is 0 Å². The highest BCUT2D eigenvalue weighted by atomic mass is 79.9. The van der Waals surface area contributed by atoms with E-state index in [1.165, 1.54) is 39.5 Å². The molecule has 0 bridgehead atoms. The molecule has 5 aromatic heterocycles. The topological polar surface area (TPSA) is 244 Å². The second-order valence-electron chi connectivity index (χ2n) is 22.4. The SMILES string of the molecule is CCOC(=O)CBr.Cc1cc2cc(F)c(F)cc2n1CC(=O)O.Fc1cc2cc[nH]c2cc1F.NC(=O)c1cccc(-c2cccnc2[C@@H](CC(=O)Cn2ccc3cc(F)c(F)cc32)Cc2cc(F)cc(F)c2)c1.NC(=O)c1cccc(-c2cccnc2[C@@H](N)Cc2cc(F)cc(F)c2)c1. The Balaban J connectivity index is 0.000000180. The average molecular weight is 1440 g/mol. The molecule has 7 aromatic carbocycles. The van der Waals surface area contributed by atoms with Crippen LogP contribution < -0.4 is 17.2 Å². The van der Waals surface area contributed by atoms with Crippen LogP contribution in [-0.2, 0) is 45.1 Å². The van der Waals surface area contributed by atoms with Gasteiger partial charge in [-0.25, -0.2) is 43.9 Å². The number of rotatable bonds is 18. The Labute approximate surface area is 573 Å². The number of Topliss-reactive ketones (excluding diaryl/α,β-unsaturated/α-hetero) is 1. The van der Waals surface area contributed by atoms with E-state index in [-0.39, 0.29) is 49.7 Å². The number of nitrogens with one attached hydrogen (secondary N) is 1. The van der Waals surface area contributed by atoms with Crippen LogP contribution >= 0.6 is 15.9 Å². The molecule has 2 amide bonds. The molecule has 0 radical (unpaired) electrons. The lowest BCUT2D eigenvalue weighted by molar-refractivity contribution is -0.140. The molecule has 12 rings (SSSR count). The number of alkyl halides is 1. The highest BCUT2D eigenvalue weighted by molar-refractivity contribution is 9.09. The van der Waals surface area contributed by atoms with Crippen molar-refractivity contribution in [2.45, 2.75) is 58.2 Å². The summed E-state index contributed by atoms with van der Waals surface area (Å²) >= 11 is 2.94. The summed E-state index contributed by atoms with van der Waals surface area (Å²) in [7, 11) is 0. The summed E-state index contributed by atoms with van der Waals surface area (Å²) < 4.78 is 141. The molecule has 0 saturated carbocycles. The van der Waals surface area contributed by atoms with Gasteiger partial charge < -0.3 is 41.2 Å². The van der Waals surface area contributed by atoms with Crippen LogP contribution in [0.15, 0.2) is 189 Å². The van der Waals surface area contributed by atoms with E-state index in [1.54, 1.807) is 117 Å². The molecule has 0 spiro atoms. The van der Waals surface area contributed by atoms with Crippen LogP contribution in [0.1, 0.15) is 74.2 Å². The van der Waals surface area contributed by atoms with Gasteiger partial charge in [-0.05, 0) is 146 Å². The molecule has 516 valence electrons. The number of aromatic nitrogens is 5. The number of aliphatic carboxylic acids is 1. The van der Waals surface area contributed by atoms with E-state index in [0.29, 0.717) is 89.5 Å². The predicted octanol–water partition coefficient (Wildman–Crippen LogP) is 15.4. The van der Waals surface area contributed by atoms with Crippen molar-refractivity contribution in [2.24, 2.45) is 17.2 Å². The van der Waals surface area contributed by atoms with Crippen LogP contribution in [0, 0.1) is 65.1 Å². The zero-order valence-electron chi connectivity index (χ0n) is 53.1. The fourth-order valence-electron chi connectivity index (χ4n) is 10.8. The number of benzene rings is 7.